The van der Waals surface area contributed by atoms with Crippen molar-refractivity contribution in [1.29, 1.82) is 0 Å². The molecule has 6 nitrogen and oxygen atoms in total. The summed E-state index contributed by atoms with van der Waals surface area (Å²) in [6.07, 6.45) is 2.13. The van der Waals surface area contributed by atoms with Crippen LogP contribution in [0.25, 0.3) is 0 Å². The maximum absolute atomic E-state index is 12.1. The van der Waals surface area contributed by atoms with Crippen molar-refractivity contribution in [3.8, 4) is 11.5 Å². The zero-order valence-corrected chi connectivity index (χ0v) is 12.9. The quantitative estimate of drug-likeness (QED) is 0.879. The first-order valence-corrected chi connectivity index (χ1v) is 7.79. The summed E-state index contributed by atoms with van der Waals surface area (Å²) in [5.74, 6) is 1.97. The summed E-state index contributed by atoms with van der Waals surface area (Å²) in [4.78, 5) is 14.3. The molecule has 6 heteroatoms. The minimum atomic E-state index is -0.00175. The van der Waals surface area contributed by atoms with Crippen molar-refractivity contribution in [2.75, 3.05) is 31.7 Å². The van der Waals surface area contributed by atoms with Gasteiger partial charge in [0.1, 0.15) is 0 Å². The predicted octanol–water partition coefficient (Wildman–Crippen LogP) is 1.41. The number of nitrogens with one attached hydrogen (secondary N) is 1. The van der Waals surface area contributed by atoms with E-state index in [1.807, 2.05) is 12.1 Å². The molecule has 0 radical (unpaired) electrons. The molecule has 1 aromatic rings. The molecule has 1 aromatic carbocycles. The summed E-state index contributed by atoms with van der Waals surface area (Å²) in [7, 11) is 0. The van der Waals surface area contributed by atoms with Crippen molar-refractivity contribution in [3.05, 3.63) is 18.2 Å². The molecule has 3 N–H and O–H groups in total. The fourth-order valence-electron chi connectivity index (χ4n) is 3.01. The van der Waals surface area contributed by atoms with Crippen molar-refractivity contribution in [3.63, 3.8) is 0 Å². The number of ether oxygens (including phenoxy) is 2. The lowest BCUT2D eigenvalue weighted by Gasteiger charge is -2.33. The number of hydrogen-bond acceptors (Lipinski definition) is 5. The Morgan fingerprint density at radius 1 is 1.36 bits per heavy atom. The van der Waals surface area contributed by atoms with E-state index in [0.717, 1.165) is 37.4 Å². The fraction of sp³-hybridized carbons (Fsp3) is 0.562. The Hall–Kier alpha value is -1.79. The smallest absolute Gasteiger partial charge is 0.238 e. The molecule has 0 bridgehead atoms. The van der Waals surface area contributed by atoms with Gasteiger partial charge in [0.05, 0.1) is 6.54 Å². The number of likely N-dealkylation sites (tertiary alicyclic amines) is 1. The number of piperidine rings is 1. The van der Waals surface area contributed by atoms with Gasteiger partial charge in [-0.3, -0.25) is 9.69 Å². The average molecular weight is 305 g/mol. The van der Waals surface area contributed by atoms with E-state index in [9.17, 15) is 4.79 Å². The number of hydrogen-bond donors (Lipinski definition) is 2. The zero-order chi connectivity index (χ0) is 15.5. The highest BCUT2D eigenvalue weighted by Crippen LogP contribution is 2.34. The van der Waals surface area contributed by atoms with Crippen LogP contribution < -0.4 is 20.5 Å². The molecular formula is C16H23N3O3. The molecule has 120 valence electrons. The number of rotatable bonds is 4. The van der Waals surface area contributed by atoms with Gasteiger partial charge < -0.3 is 20.5 Å². The number of fused-ring (bicyclic) bond motifs is 1. The van der Waals surface area contributed by atoms with Crippen molar-refractivity contribution in [1.82, 2.24) is 4.90 Å². The van der Waals surface area contributed by atoms with Gasteiger partial charge in [0.2, 0.25) is 12.7 Å². The summed E-state index contributed by atoms with van der Waals surface area (Å²) in [6.45, 7) is 4.58. The van der Waals surface area contributed by atoms with Crippen LogP contribution in [0.15, 0.2) is 18.2 Å². The molecule has 3 rings (SSSR count). The highest BCUT2D eigenvalue weighted by atomic mass is 16.7. The Kier molecular flexibility index (Phi) is 4.49. The van der Waals surface area contributed by atoms with Crippen LogP contribution in [0.3, 0.4) is 0 Å². The molecule has 1 amide bonds. The molecule has 0 spiro atoms. The molecule has 2 aliphatic rings. The van der Waals surface area contributed by atoms with Crippen molar-refractivity contribution >= 4 is 11.6 Å². The Labute approximate surface area is 130 Å². The van der Waals surface area contributed by atoms with Crippen LogP contribution in [0.1, 0.15) is 19.8 Å². The molecule has 1 saturated heterocycles. The third-order valence-corrected chi connectivity index (χ3v) is 4.40. The fourth-order valence-corrected chi connectivity index (χ4v) is 3.01. The first-order chi connectivity index (χ1) is 10.6. The van der Waals surface area contributed by atoms with Gasteiger partial charge in [0.15, 0.2) is 11.5 Å². The SMILES string of the molecule is CC(N)C1CCN(CC(=O)Nc2ccc3c(c2)OCO3)CC1. The summed E-state index contributed by atoms with van der Waals surface area (Å²) >= 11 is 0. The van der Waals surface area contributed by atoms with Gasteiger partial charge in [0, 0.05) is 17.8 Å². The molecule has 1 atom stereocenters. The van der Waals surface area contributed by atoms with E-state index in [2.05, 4.69) is 17.1 Å². The largest absolute Gasteiger partial charge is 0.454 e. The normalized spacial score (nSPS) is 19.9. The highest BCUT2D eigenvalue weighted by molar-refractivity contribution is 5.92. The van der Waals surface area contributed by atoms with E-state index in [0.29, 0.717) is 18.2 Å². The van der Waals surface area contributed by atoms with Gasteiger partial charge in [-0.2, -0.15) is 0 Å². The summed E-state index contributed by atoms with van der Waals surface area (Å²) in [5, 5.41) is 2.91. The minimum Gasteiger partial charge on any atom is -0.454 e. The van der Waals surface area contributed by atoms with Gasteiger partial charge in [-0.1, -0.05) is 0 Å². The van der Waals surface area contributed by atoms with Gasteiger partial charge in [-0.05, 0) is 50.9 Å². The van der Waals surface area contributed by atoms with Gasteiger partial charge in [0.25, 0.3) is 0 Å². The van der Waals surface area contributed by atoms with Crippen LogP contribution in [0.2, 0.25) is 0 Å². The van der Waals surface area contributed by atoms with Crippen LogP contribution in [-0.2, 0) is 4.79 Å². The lowest BCUT2D eigenvalue weighted by molar-refractivity contribution is -0.117. The molecule has 0 aliphatic carbocycles. The van der Waals surface area contributed by atoms with E-state index < -0.39 is 0 Å². The topological polar surface area (TPSA) is 76.8 Å². The van der Waals surface area contributed by atoms with Crippen molar-refractivity contribution < 1.29 is 14.3 Å². The van der Waals surface area contributed by atoms with Gasteiger partial charge >= 0.3 is 0 Å². The van der Waals surface area contributed by atoms with Crippen LogP contribution in [0, 0.1) is 5.92 Å². The summed E-state index contributed by atoms with van der Waals surface area (Å²) < 4.78 is 10.6. The Morgan fingerprint density at radius 2 is 2.09 bits per heavy atom. The second kappa shape index (κ2) is 6.54. The molecular weight excluding hydrogens is 282 g/mol. The lowest BCUT2D eigenvalue weighted by atomic mass is 9.91. The predicted molar refractivity (Wildman–Crippen MR) is 84.0 cm³/mol. The molecule has 1 fully saturated rings. The molecule has 0 aromatic heterocycles. The maximum Gasteiger partial charge on any atom is 0.238 e. The first kappa shape index (κ1) is 15.1. The number of carbonyl (C=O) groups is 1. The monoisotopic (exact) mass is 305 g/mol. The summed E-state index contributed by atoms with van der Waals surface area (Å²) in [6, 6.07) is 5.67. The number of benzene rings is 1. The van der Waals surface area contributed by atoms with E-state index in [-0.39, 0.29) is 18.7 Å². The molecule has 2 heterocycles. The number of amides is 1. The molecule has 22 heavy (non-hydrogen) atoms. The Balaban J connectivity index is 1.49. The van der Waals surface area contributed by atoms with E-state index in [1.54, 1.807) is 6.07 Å². The standard InChI is InChI=1S/C16H23N3O3/c1-11(17)12-4-6-19(7-5-12)9-16(20)18-13-2-3-14-15(8-13)22-10-21-14/h2-3,8,11-12H,4-7,9-10,17H2,1H3,(H,18,20). The number of nitrogens with zero attached hydrogens (tertiary/aromatic N) is 1. The van der Waals surface area contributed by atoms with Crippen molar-refractivity contribution in [2.24, 2.45) is 11.7 Å². The summed E-state index contributed by atoms with van der Waals surface area (Å²) in [5.41, 5.74) is 6.68. The highest BCUT2D eigenvalue weighted by Gasteiger charge is 2.23. The van der Waals surface area contributed by atoms with E-state index >= 15 is 0 Å². The Morgan fingerprint density at radius 3 is 2.82 bits per heavy atom. The zero-order valence-electron chi connectivity index (χ0n) is 12.9. The van der Waals surface area contributed by atoms with Crippen LogP contribution >= 0.6 is 0 Å². The van der Waals surface area contributed by atoms with Crippen LogP contribution in [-0.4, -0.2) is 43.3 Å². The van der Waals surface area contributed by atoms with E-state index in [1.165, 1.54) is 0 Å². The lowest BCUT2D eigenvalue weighted by Crippen LogP contribution is -2.42. The van der Waals surface area contributed by atoms with Crippen LogP contribution in [0.4, 0.5) is 5.69 Å². The molecule has 1 unspecified atom stereocenters. The molecule has 2 aliphatic heterocycles. The second-order valence-electron chi connectivity index (χ2n) is 6.09. The second-order valence-corrected chi connectivity index (χ2v) is 6.09. The third kappa shape index (κ3) is 3.51. The number of anilines is 1. The third-order valence-electron chi connectivity index (χ3n) is 4.40. The van der Waals surface area contributed by atoms with E-state index in [4.69, 9.17) is 15.2 Å². The van der Waals surface area contributed by atoms with Gasteiger partial charge in [-0.15, -0.1) is 0 Å². The minimum absolute atomic E-state index is 0.00175. The first-order valence-electron chi connectivity index (χ1n) is 7.79. The number of carbonyl (C=O) groups excluding carboxylic acids is 1. The molecule has 0 saturated carbocycles. The number of nitrogens with two attached hydrogens (primary N) is 1. The Bertz CT molecular complexity index is 539. The maximum atomic E-state index is 12.1. The van der Waals surface area contributed by atoms with Crippen LogP contribution in [0.5, 0.6) is 11.5 Å². The van der Waals surface area contributed by atoms with Gasteiger partial charge in [-0.25, -0.2) is 0 Å². The van der Waals surface area contributed by atoms with Crippen molar-refractivity contribution in [2.45, 2.75) is 25.8 Å². The average Bonchev–Trinajstić information content (AvgIpc) is 2.95.